The SMILES string of the molecule is CCN1CCOC(c2noc(C(C)(C)N)n2)C1. The summed E-state index contributed by atoms with van der Waals surface area (Å²) in [6.45, 7) is 9.28. The Labute approximate surface area is 101 Å². The lowest BCUT2D eigenvalue weighted by Gasteiger charge is -2.30. The minimum absolute atomic E-state index is 0.108. The van der Waals surface area contributed by atoms with Gasteiger partial charge in [-0.25, -0.2) is 0 Å². The highest BCUT2D eigenvalue weighted by atomic mass is 16.5. The molecule has 2 N–H and O–H groups in total. The maximum absolute atomic E-state index is 5.91. The molecule has 0 aliphatic carbocycles. The number of rotatable bonds is 3. The van der Waals surface area contributed by atoms with Gasteiger partial charge in [0.15, 0.2) is 0 Å². The van der Waals surface area contributed by atoms with Gasteiger partial charge in [-0.2, -0.15) is 4.98 Å². The van der Waals surface area contributed by atoms with Crippen LogP contribution in [0, 0.1) is 0 Å². The van der Waals surface area contributed by atoms with Crippen LogP contribution < -0.4 is 5.73 Å². The highest BCUT2D eigenvalue weighted by molar-refractivity contribution is 5.00. The molecule has 0 radical (unpaired) electrons. The van der Waals surface area contributed by atoms with Gasteiger partial charge in [0.05, 0.1) is 12.1 Å². The fourth-order valence-electron chi connectivity index (χ4n) is 1.77. The summed E-state index contributed by atoms with van der Waals surface area (Å²) in [7, 11) is 0. The number of hydrogen-bond donors (Lipinski definition) is 1. The van der Waals surface area contributed by atoms with Crippen molar-refractivity contribution in [3.8, 4) is 0 Å². The average Bonchev–Trinajstić information content (AvgIpc) is 2.78. The fourth-order valence-corrected chi connectivity index (χ4v) is 1.77. The predicted molar refractivity (Wildman–Crippen MR) is 62.3 cm³/mol. The first-order valence-corrected chi connectivity index (χ1v) is 5.97. The van der Waals surface area contributed by atoms with Crippen molar-refractivity contribution in [2.45, 2.75) is 32.4 Å². The third-order valence-corrected chi connectivity index (χ3v) is 2.88. The van der Waals surface area contributed by atoms with Gasteiger partial charge in [0.2, 0.25) is 11.7 Å². The lowest BCUT2D eigenvalue weighted by Crippen LogP contribution is -2.38. The van der Waals surface area contributed by atoms with E-state index < -0.39 is 5.54 Å². The van der Waals surface area contributed by atoms with Crippen molar-refractivity contribution in [3.63, 3.8) is 0 Å². The Balaban J connectivity index is 2.09. The molecule has 0 aromatic carbocycles. The number of likely N-dealkylation sites (N-methyl/N-ethyl adjacent to an activating group) is 1. The van der Waals surface area contributed by atoms with Crippen molar-refractivity contribution in [1.82, 2.24) is 15.0 Å². The van der Waals surface area contributed by atoms with Crippen LogP contribution in [0.1, 0.15) is 38.6 Å². The lowest BCUT2D eigenvalue weighted by molar-refractivity contribution is -0.0334. The number of ether oxygens (including phenoxy) is 1. The van der Waals surface area contributed by atoms with Gasteiger partial charge in [-0.05, 0) is 20.4 Å². The largest absolute Gasteiger partial charge is 0.367 e. The average molecular weight is 240 g/mol. The predicted octanol–water partition coefficient (Wildman–Crippen LogP) is 0.657. The van der Waals surface area contributed by atoms with Crippen molar-refractivity contribution >= 4 is 0 Å². The molecule has 1 fully saturated rings. The molecule has 6 nitrogen and oxygen atoms in total. The summed E-state index contributed by atoms with van der Waals surface area (Å²) < 4.78 is 10.8. The van der Waals surface area contributed by atoms with Crippen LogP contribution in [0.15, 0.2) is 4.52 Å². The maximum Gasteiger partial charge on any atom is 0.246 e. The third-order valence-electron chi connectivity index (χ3n) is 2.88. The van der Waals surface area contributed by atoms with E-state index in [4.69, 9.17) is 15.0 Å². The Hall–Kier alpha value is -0.980. The van der Waals surface area contributed by atoms with E-state index in [1.807, 2.05) is 13.8 Å². The molecule has 0 spiro atoms. The van der Waals surface area contributed by atoms with Crippen LogP contribution >= 0.6 is 0 Å². The van der Waals surface area contributed by atoms with Crippen LogP contribution in [0.2, 0.25) is 0 Å². The van der Waals surface area contributed by atoms with E-state index in [0.717, 1.165) is 19.6 Å². The Morgan fingerprint density at radius 2 is 2.29 bits per heavy atom. The second-order valence-electron chi connectivity index (χ2n) is 4.93. The molecule has 2 rings (SSSR count). The molecule has 0 amide bonds. The van der Waals surface area contributed by atoms with E-state index in [0.29, 0.717) is 18.3 Å². The van der Waals surface area contributed by atoms with Crippen molar-refractivity contribution in [2.24, 2.45) is 5.73 Å². The van der Waals surface area contributed by atoms with Crippen molar-refractivity contribution < 1.29 is 9.26 Å². The van der Waals surface area contributed by atoms with E-state index in [-0.39, 0.29) is 6.10 Å². The zero-order valence-electron chi connectivity index (χ0n) is 10.6. The Kier molecular flexibility index (Phi) is 3.46. The van der Waals surface area contributed by atoms with Crippen LogP contribution in [-0.4, -0.2) is 41.3 Å². The third kappa shape index (κ3) is 2.83. The molecule has 1 aromatic rings. The summed E-state index contributed by atoms with van der Waals surface area (Å²) >= 11 is 0. The molecule has 1 aliphatic heterocycles. The lowest BCUT2D eigenvalue weighted by atomic mass is 10.1. The van der Waals surface area contributed by atoms with Gasteiger partial charge in [-0.3, -0.25) is 4.90 Å². The van der Waals surface area contributed by atoms with Crippen molar-refractivity contribution in [3.05, 3.63) is 11.7 Å². The van der Waals surface area contributed by atoms with Crippen molar-refractivity contribution in [2.75, 3.05) is 26.2 Å². The standard InChI is InChI=1S/C11H20N4O2/c1-4-15-5-6-16-8(7-15)9-13-10(17-14-9)11(2,3)12/h8H,4-7,12H2,1-3H3. The molecule has 17 heavy (non-hydrogen) atoms. The quantitative estimate of drug-likeness (QED) is 0.836. The fraction of sp³-hybridized carbons (Fsp3) is 0.818. The summed E-state index contributed by atoms with van der Waals surface area (Å²) in [5, 5.41) is 3.96. The number of nitrogens with two attached hydrogens (primary N) is 1. The van der Waals surface area contributed by atoms with Gasteiger partial charge < -0.3 is 15.0 Å². The maximum atomic E-state index is 5.91. The number of hydrogen-bond acceptors (Lipinski definition) is 6. The number of nitrogens with zero attached hydrogens (tertiary/aromatic N) is 3. The molecule has 1 unspecified atom stereocenters. The van der Waals surface area contributed by atoms with Crippen LogP contribution in [-0.2, 0) is 10.3 Å². The van der Waals surface area contributed by atoms with E-state index in [2.05, 4.69) is 22.0 Å². The Bertz CT molecular complexity index is 372. The molecule has 2 heterocycles. The Morgan fingerprint density at radius 1 is 1.53 bits per heavy atom. The van der Waals surface area contributed by atoms with Gasteiger partial charge in [0.1, 0.15) is 6.10 Å². The van der Waals surface area contributed by atoms with E-state index in [9.17, 15) is 0 Å². The van der Waals surface area contributed by atoms with E-state index >= 15 is 0 Å². The van der Waals surface area contributed by atoms with Crippen LogP contribution in [0.25, 0.3) is 0 Å². The highest BCUT2D eigenvalue weighted by Gasteiger charge is 2.28. The zero-order valence-corrected chi connectivity index (χ0v) is 10.6. The molecule has 6 heteroatoms. The first kappa shape index (κ1) is 12.5. The molecule has 1 atom stereocenters. The van der Waals surface area contributed by atoms with E-state index in [1.165, 1.54) is 0 Å². The van der Waals surface area contributed by atoms with Crippen LogP contribution in [0.4, 0.5) is 0 Å². The molecule has 0 bridgehead atoms. The zero-order chi connectivity index (χ0) is 12.5. The minimum Gasteiger partial charge on any atom is -0.367 e. The summed E-state index contributed by atoms with van der Waals surface area (Å²) in [5.41, 5.74) is 5.30. The highest BCUT2D eigenvalue weighted by Crippen LogP contribution is 2.22. The van der Waals surface area contributed by atoms with Crippen LogP contribution in [0.3, 0.4) is 0 Å². The van der Waals surface area contributed by atoms with Gasteiger partial charge in [0, 0.05) is 13.1 Å². The second kappa shape index (κ2) is 4.72. The first-order chi connectivity index (χ1) is 8.00. The molecular weight excluding hydrogens is 220 g/mol. The molecular formula is C11H20N4O2. The van der Waals surface area contributed by atoms with Gasteiger partial charge in [-0.1, -0.05) is 12.1 Å². The molecule has 1 saturated heterocycles. The minimum atomic E-state index is -0.607. The molecule has 96 valence electrons. The van der Waals surface area contributed by atoms with Crippen LogP contribution in [0.5, 0.6) is 0 Å². The number of morpholine rings is 1. The summed E-state index contributed by atoms with van der Waals surface area (Å²) in [4.78, 5) is 6.62. The van der Waals surface area contributed by atoms with Crippen molar-refractivity contribution in [1.29, 1.82) is 0 Å². The van der Waals surface area contributed by atoms with E-state index in [1.54, 1.807) is 0 Å². The molecule has 1 aromatic heterocycles. The Morgan fingerprint density at radius 3 is 2.88 bits per heavy atom. The molecule has 1 aliphatic rings. The summed E-state index contributed by atoms with van der Waals surface area (Å²) in [5.74, 6) is 1.04. The first-order valence-electron chi connectivity index (χ1n) is 5.97. The monoisotopic (exact) mass is 240 g/mol. The summed E-state index contributed by atoms with van der Waals surface area (Å²) in [6, 6.07) is 0. The van der Waals surface area contributed by atoms with Gasteiger partial charge in [-0.15, -0.1) is 0 Å². The smallest absolute Gasteiger partial charge is 0.246 e. The van der Waals surface area contributed by atoms with Gasteiger partial charge in [0.25, 0.3) is 0 Å². The summed E-state index contributed by atoms with van der Waals surface area (Å²) in [6.07, 6.45) is -0.108. The van der Waals surface area contributed by atoms with Gasteiger partial charge >= 0.3 is 0 Å². The topological polar surface area (TPSA) is 77.4 Å². The number of aromatic nitrogens is 2. The second-order valence-corrected chi connectivity index (χ2v) is 4.93. The molecule has 0 saturated carbocycles. The normalized spacial score (nSPS) is 22.9.